The Morgan fingerprint density at radius 3 is 2.52 bits per heavy atom. The number of thioether (sulfide) groups is 1. The molecule has 0 bridgehead atoms. The zero-order valence-electron chi connectivity index (χ0n) is 12.1. The maximum absolute atomic E-state index is 12.2. The molecule has 21 heavy (non-hydrogen) atoms. The summed E-state index contributed by atoms with van der Waals surface area (Å²) in [5, 5.41) is 0.896. The summed E-state index contributed by atoms with van der Waals surface area (Å²) in [6, 6.07) is 7.88. The second-order valence-corrected chi connectivity index (χ2v) is 7.21. The third-order valence-electron chi connectivity index (χ3n) is 4.23. The minimum atomic E-state index is 0.152. The molecule has 0 N–H and O–H groups in total. The Morgan fingerprint density at radius 1 is 1.10 bits per heavy atom. The smallest absolute Gasteiger partial charge is 0.233 e. The zero-order chi connectivity index (χ0) is 14.7. The SMILES string of the molecule is O=C1CSC(c2ccc(Cl)cc2)N1CCN1CCCCC1. The summed E-state index contributed by atoms with van der Waals surface area (Å²) in [5.41, 5.74) is 1.17. The number of carbonyl (C=O) groups excluding carboxylic acids is 1. The molecule has 3 rings (SSSR count). The van der Waals surface area contributed by atoms with Gasteiger partial charge in [-0.3, -0.25) is 4.79 Å². The maximum atomic E-state index is 12.2. The van der Waals surface area contributed by atoms with Crippen LogP contribution in [0.5, 0.6) is 0 Å². The van der Waals surface area contributed by atoms with Gasteiger partial charge in [0.05, 0.1) is 5.75 Å². The topological polar surface area (TPSA) is 23.6 Å². The third kappa shape index (κ3) is 3.74. The number of piperidine rings is 1. The van der Waals surface area contributed by atoms with Gasteiger partial charge in [0.2, 0.25) is 5.91 Å². The van der Waals surface area contributed by atoms with E-state index in [1.54, 1.807) is 11.8 Å². The van der Waals surface area contributed by atoms with E-state index < -0.39 is 0 Å². The van der Waals surface area contributed by atoms with Crippen molar-refractivity contribution in [3.05, 3.63) is 34.9 Å². The first-order valence-corrected chi connectivity index (χ1v) is 9.05. The molecule has 1 unspecified atom stereocenters. The standard InChI is InChI=1S/C16H21ClN2OS/c17-14-6-4-13(5-7-14)16-19(15(20)12-21-16)11-10-18-8-2-1-3-9-18/h4-7,16H,1-3,8-12H2. The highest BCUT2D eigenvalue weighted by molar-refractivity contribution is 8.00. The van der Waals surface area contributed by atoms with Gasteiger partial charge in [-0.25, -0.2) is 0 Å². The molecule has 2 aliphatic rings. The summed E-state index contributed by atoms with van der Waals surface area (Å²) in [6.07, 6.45) is 3.94. The number of halogens is 1. The van der Waals surface area contributed by atoms with Crippen molar-refractivity contribution in [3.63, 3.8) is 0 Å². The highest BCUT2D eigenvalue weighted by Gasteiger charge is 2.32. The van der Waals surface area contributed by atoms with Crippen LogP contribution < -0.4 is 0 Å². The fourth-order valence-electron chi connectivity index (χ4n) is 3.03. The molecule has 2 saturated heterocycles. The van der Waals surface area contributed by atoms with Crippen molar-refractivity contribution in [1.82, 2.24) is 9.80 Å². The number of rotatable bonds is 4. The van der Waals surface area contributed by atoms with Gasteiger partial charge in [-0.15, -0.1) is 11.8 Å². The Bertz CT molecular complexity index is 488. The molecule has 0 spiro atoms. The van der Waals surface area contributed by atoms with Crippen molar-refractivity contribution in [2.24, 2.45) is 0 Å². The van der Waals surface area contributed by atoms with Gasteiger partial charge in [-0.05, 0) is 43.6 Å². The van der Waals surface area contributed by atoms with E-state index in [-0.39, 0.29) is 11.3 Å². The lowest BCUT2D eigenvalue weighted by molar-refractivity contribution is -0.128. The molecule has 0 aromatic heterocycles. The van der Waals surface area contributed by atoms with Gasteiger partial charge in [0.25, 0.3) is 0 Å². The number of hydrogen-bond donors (Lipinski definition) is 0. The molecule has 0 radical (unpaired) electrons. The molecule has 0 saturated carbocycles. The molecule has 3 nitrogen and oxygen atoms in total. The van der Waals surface area contributed by atoms with Gasteiger partial charge in [0, 0.05) is 18.1 Å². The third-order valence-corrected chi connectivity index (χ3v) is 5.74. The van der Waals surface area contributed by atoms with Crippen LogP contribution in [0.1, 0.15) is 30.2 Å². The van der Waals surface area contributed by atoms with E-state index in [4.69, 9.17) is 11.6 Å². The van der Waals surface area contributed by atoms with Crippen LogP contribution in [0.25, 0.3) is 0 Å². The average molecular weight is 325 g/mol. The number of nitrogens with zero attached hydrogens (tertiary/aromatic N) is 2. The van der Waals surface area contributed by atoms with E-state index in [1.165, 1.54) is 37.9 Å². The van der Waals surface area contributed by atoms with Gasteiger partial charge < -0.3 is 9.80 Å². The van der Waals surface area contributed by atoms with Gasteiger partial charge in [0.1, 0.15) is 5.37 Å². The Hall–Kier alpha value is -0.710. The molecule has 1 aromatic carbocycles. The first kappa shape index (κ1) is 15.2. The monoisotopic (exact) mass is 324 g/mol. The average Bonchev–Trinajstić information content (AvgIpc) is 2.88. The van der Waals surface area contributed by atoms with E-state index in [0.717, 1.165) is 18.1 Å². The van der Waals surface area contributed by atoms with Crippen molar-refractivity contribution in [3.8, 4) is 0 Å². The second kappa shape index (κ2) is 7.03. The Kier molecular flexibility index (Phi) is 5.09. The van der Waals surface area contributed by atoms with E-state index in [1.807, 2.05) is 29.2 Å². The summed E-state index contributed by atoms with van der Waals surface area (Å²) < 4.78 is 0. The summed E-state index contributed by atoms with van der Waals surface area (Å²) in [5.74, 6) is 0.852. The predicted molar refractivity (Wildman–Crippen MR) is 88.7 cm³/mol. The fourth-order valence-corrected chi connectivity index (χ4v) is 4.38. The lowest BCUT2D eigenvalue weighted by Gasteiger charge is -2.30. The van der Waals surface area contributed by atoms with Gasteiger partial charge in [-0.1, -0.05) is 30.2 Å². The highest BCUT2D eigenvalue weighted by atomic mass is 35.5. The molecule has 114 valence electrons. The number of hydrogen-bond acceptors (Lipinski definition) is 3. The van der Waals surface area contributed by atoms with Crippen LogP contribution in [-0.4, -0.2) is 47.6 Å². The van der Waals surface area contributed by atoms with Gasteiger partial charge >= 0.3 is 0 Å². The molecule has 2 heterocycles. The van der Waals surface area contributed by atoms with Crippen molar-refractivity contribution < 1.29 is 4.79 Å². The summed E-state index contributed by atoms with van der Waals surface area (Å²) in [7, 11) is 0. The lowest BCUT2D eigenvalue weighted by atomic mass is 10.1. The van der Waals surface area contributed by atoms with E-state index in [2.05, 4.69) is 4.90 Å². The molecule has 0 aliphatic carbocycles. The summed E-state index contributed by atoms with van der Waals surface area (Å²) in [6.45, 7) is 4.19. The minimum Gasteiger partial charge on any atom is -0.325 e. The molecule has 2 fully saturated rings. The molecular formula is C16H21ClN2OS. The van der Waals surface area contributed by atoms with Gasteiger partial charge in [0.15, 0.2) is 0 Å². The van der Waals surface area contributed by atoms with Gasteiger partial charge in [-0.2, -0.15) is 0 Å². The minimum absolute atomic E-state index is 0.152. The van der Waals surface area contributed by atoms with Crippen molar-refractivity contribution >= 4 is 29.3 Å². The number of amides is 1. The molecule has 1 atom stereocenters. The molecule has 1 aromatic rings. The lowest BCUT2D eigenvalue weighted by Crippen LogP contribution is -2.39. The Labute approximate surface area is 135 Å². The van der Waals surface area contributed by atoms with E-state index in [0.29, 0.717) is 5.75 Å². The largest absolute Gasteiger partial charge is 0.325 e. The van der Waals surface area contributed by atoms with Crippen LogP contribution in [0.4, 0.5) is 0 Å². The van der Waals surface area contributed by atoms with Crippen LogP contribution in [-0.2, 0) is 4.79 Å². The molecule has 2 aliphatic heterocycles. The summed E-state index contributed by atoms with van der Waals surface area (Å²) >= 11 is 7.67. The quantitative estimate of drug-likeness (QED) is 0.848. The fraction of sp³-hybridized carbons (Fsp3) is 0.562. The van der Waals surface area contributed by atoms with Crippen LogP contribution in [0.2, 0.25) is 5.02 Å². The maximum Gasteiger partial charge on any atom is 0.233 e. The van der Waals surface area contributed by atoms with Crippen molar-refractivity contribution in [2.45, 2.75) is 24.6 Å². The van der Waals surface area contributed by atoms with E-state index >= 15 is 0 Å². The number of likely N-dealkylation sites (tertiary alicyclic amines) is 1. The molecule has 1 amide bonds. The summed E-state index contributed by atoms with van der Waals surface area (Å²) in [4.78, 5) is 16.7. The Balaban J connectivity index is 1.63. The molecule has 5 heteroatoms. The number of carbonyl (C=O) groups is 1. The molecular weight excluding hydrogens is 304 g/mol. The predicted octanol–water partition coefficient (Wildman–Crippen LogP) is 3.40. The van der Waals surface area contributed by atoms with Crippen molar-refractivity contribution in [2.75, 3.05) is 31.9 Å². The van der Waals surface area contributed by atoms with Crippen LogP contribution in [0.15, 0.2) is 24.3 Å². The first-order valence-electron chi connectivity index (χ1n) is 7.63. The second-order valence-electron chi connectivity index (χ2n) is 5.70. The van der Waals surface area contributed by atoms with Crippen molar-refractivity contribution in [1.29, 1.82) is 0 Å². The van der Waals surface area contributed by atoms with Crippen LogP contribution >= 0.6 is 23.4 Å². The van der Waals surface area contributed by atoms with Crippen LogP contribution in [0, 0.1) is 0 Å². The first-order chi connectivity index (χ1) is 10.2. The number of benzene rings is 1. The highest BCUT2D eigenvalue weighted by Crippen LogP contribution is 2.38. The Morgan fingerprint density at radius 2 is 1.81 bits per heavy atom. The van der Waals surface area contributed by atoms with E-state index in [9.17, 15) is 4.79 Å². The zero-order valence-corrected chi connectivity index (χ0v) is 13.7. The van der Waals surface area contributed by atoms with Crippen LogP contribution in [0.3, 0.4) is 0 Å². The normalized spacial score (nSPS) is 23.8.